The van der Waals surface area contributed by atoms with Gasteiger partial charge in [-0.3, -0.25) is 0 Å². The summed E-state index contributed by atoms with van der Waals surface area (Å²) in [5, 5.41) is 10.6. The van der Waals surface area contributed by atoms with Gasteiger partial charge in [-0.1, -0.05) is 66.8 Å². The summed E-state index contributed by atoms with van der Waals surface area (Å²) in [6.45, 7) is 8.64. The van der Waals surface area contributed by atoms with Crippen molar-refractivity contribution in [1.82, 2.24) is 4.90 Å². The second-order valence-electron chi connectivity index (χ2n) is 6.69. The Morgan fingerprint density at radius 3 is 2.04 bits per heavy atom. The molecule has 2 aromatic carbocycles. The van der Waals surface area contributed by atoms with E-state index in [0.717, 1.165) is 21.7 Å². The molecule has 2 rings (SSSR count). The van der Waals surface area contributed by atoms with Crippen LogP contribution in [0.2, 0.25) is 0 Å². The number of hydrogen-bond acceptors (Lipinski definition) is 2. The van der Waals surface area contributed by atoms with E-state index in [9.17, 15) is 5.11 Å². The third-order valence-electron chi connectivity index (χ3n) is 4.19. The molecule has 0 saturated heterocycles. The van der Waals surface area contributed by atoms with E-state index in [-0.39, 0.29) is 0 Å². The second-order valence-corrected chi connectivity index (χ2v) is 7.07. The van der Waals surface area contributed by atoms with Crippen molar-refractivity contribution in [2.24, 2.45) is 0 Å². The fourth-order valence-electron chi connectivity index (χ4n) is 3.11. The van der Waals surface area contributed by atoms with Gasteiger partial charge < -0.3 is 10.0 Å². The van der Waals surface area contributed by atoms with E-state index < -0.39 is 6.10 Å². The molecule has 0 fully saturated rings. The Morgan fingerprint density at radius 1 is 0.917 bits per heavy atom. The number of aliphatic hydroxyl groups is 1. The SMILES string of the molecule is CC(C)N(C(=S)c1ccccc1CC(O)c1ccccc1)C(C)C. The number of nitrogens with zero attached hydrogens (tertiary/aromatic N) is 1. The zero-order valence-electron chi connectivity index (χ0n) is 14.9. The average Bonchev–Trinajstić information content (AvgIpc) is 2.55. The highest BCUT2D eigenvalue weighted by Gasteiger charge is 2.21. The summed E-state index contributed by atoms with van der Waals surface area (Å²) in [6.07, 6.45) is 0.0337. The van der Waals surface area contributed by atoms with Crippen molar-refractivity contribution < 1.29 is 5.11 Å². The van der Waals surface area contributed by atoms with E-state index in [2.05, 4.69) is 44.7 Å². The number of rotatable bonds is 6. The van der Waals surface area contributed by atoms with Crippen LogP contribution in [0.15, 0.2) is 54.6 Å². The van der Waals surface area contributed by atoms with Crippen LogP contribution in [0.25, 0.3) is 0 Å². The number of hydrogen-bond donors (Lipinski definition) is 1. The summed E-state index contributed by atoms with van der Waals surface area (Å²) < 4.78 is 0. The molecule has 3 heteroatoms. The highest BCUT2D eigenvalue weighted by Crippen LogP contribution is 2.23. The molecule has 0 aliphatic carbocycles. The lowest BCUT2D eigenvalue weighted by atomic mass is 9.96. The average molecular weight is 342 g/mol. The first-order chi connectivity index (χ1) is 11.4. The molecular weight excluding hydrogens is 314 g/mol. The van der Waals surface area contributed by atoms with Gasteiger partial charge in [0.15, 0.2) is 0 Å². The first-order valence-corrected chi connectivity index (χ1v) is 8.96. The minimum absolute atomic E-state index is 0.338. The summed E-state index contributed by atoms with van der Waals surface area (Å²) in [6, 6.07) is 18.6. The Bertz CT molecular complexity index is 659. The van der Waals surface area contributed by atoms with E-state index in [1.165, 1.54) is 0 Å². The van der Waals surface area contributed by atoms with Crippen LogP contribution in [0.5, 0.6) is 0 Å². The van der Waals surface area contributed by atoms with Gasteiger partial charge in [-0.2, -0.15) is 0 Å². The third-order valence-corrected chi connectivity index (χ3v) is 4.62. The fraction of sp³-hybridized carbons (Fsp3) is 0.381. The highest BCUT2D eigenvalue weighted by molar-refractivity contribution is 7.80. The molecule has 24 heavy (non-hydrogen) atoms. The molecule has 2 aromatic rings. The number of aliphatic hydroxyl groups excluding tert-OH is 1. The molecule has 1 N–H and O–H groups in total. The van der Waals surface area contributed by atoms with Crippen molar-refractivity contribution in [3.8, 4) is 0 Å². The maximum absolute atomic E-state index is 10.6. The van der Waals surface area contributed by atoms with E-state index in [4.69, 9.17) is 12.2 Å². The van der Waals surface area contributed by atoms with E-state index >= 15 is 0 Å². The van der Waals surface area contributed by atoms with Crippen LogP contribution >= 0.6 is 12.2 Å². The van der Waals surface area contributed by atoms with Crippen LogP contribution < -0.4 is 0 Å². The van der Waals surface area contributed by atoms with Crippen molar-refractivity contribution in [2.75, 3.05) is 0 Å². The lowest BCUT2D eigenvalue weighted by Gasteiger charge is -2.34. The normalized spacial score (nSPS) is 12.5. The lowest BCUT2D eigenvalue weighted by molar-refractivity contribution is 0.178. The van der Waals surface area contributed by atoms with Crippen molar-refractivity contribution >= 4 is 17.2 Å². The zero-order valence-corrected chi connectivity index (χ0v) is 15.8. The van der Waals surface area contributed by atoms with Gasteiger partial charge in [-0.25, -0.2) is 0 Å². The van der Waals surface area contributed by atoms with Gasteiger partial charge in [0.2, 0.25) is 0 Å². The Kier molecular flexibility index (Phi) is 6.52. The van der Waals surface area contributed by atoms with Crippen molar-refractivity contribution in [2.45, 2.75) is 52.3 Å². The van der Waals surface area contributed by atoms with Crippen molar-refractivity contribution in [1.29, 1.82) is 0 Å². The van der Waals surface area contributed by atoms with Gasteiger partial charge in [-0.15, -0.1) is 0 Å². The second kappa shape index (κ2) is 8.41. The molecule has 0 aliphatic heterocycles. The van der Waals surface area contributed by atoms with Crippen LogP contribution in [0.1, 0.15) is 50.5 Å². The topological polar surface area (TPSA) is 23.5 Å². The first kappa shape index (κ1) is 18.6. The molecule has 0 saturated carbocycles. The summed E-state index contributed by atoms with van der Waals surface area (Å²) in [5.41, 5.74) is 3.07. The molecule has 0 heterocycles. The number of thiocarbonyl (C=S) groups is 1. The van der Waals surface area contributed by atoms with Gasteiger partial charge in [0.1, 0.15) is 4.99 Å². The molecule has 1 unspecified atom stereocenters. The predicted octanol–water partition coefficient (Wildman–Crippen LogP) is 4.76. The Morgan fingerprint density at radius 2 is 1.46 bits per heavy atom. The molecule has 2 nitrogen and oxygen atoms in total. The minimum Gasteiger partial charge on any atom is -0.388 e. The summed E-state index contributed by atoms with van der Waals surface area (Å²) in [7, 11) is 0. The van der Waals surface area contributed by atoms with Crippen LogP contribution in [-0.2, 0) is 6.42 Å². The summed E-state index contributed by atoms with van der Waals surface area (Å²) in [4.78, 5) is 3.11. The molecule has 0 aromatic heterocycles. The molecular formula is C21H27NOS. The van der Waals surface area contributed by atoms with Crippen molar-refractivity contribution in [3.05, 3.63) is 71.3 Å². The molecule has 0 amide bonds. The van der Waals surface area contributed by atoms with Gasteiger partial charge in [0, 0.05) is 24.1 Å². The van der Waals surface area contributed by atoms with Gasteiger partial charge in [-0.05, 0) is 38.8 Å². The monoisotopic (exact) mass is 341 g/mol. The van der Waals surface area contributed by atoms with Crippen LogP contribution in [-0.4, -0.2) is 27.1 Å². The molecule has 0 aliphatic rings. The standard InChI is InChI=1S/C21H27NOS/c1-15(2)22(16(3)4)21(24)19-13-9-8-12-18(19)14-20(23)17-10-6-5-7-11-17/h5-13,15-16,20,23H,14H2,1-4H3. The van der Waals surface area contributed by atoms with Gasteiger partial charge in [0.05, 0.1) is 6.10 Å². The highest BCUT2D eigenvalue weighted by atomic mass is 32.1. The quantitative estimate of drug-likeness (QED) is 0.767. The fourth-order valence-corrected chi connectivity index (χ4v) is 3.73. The van der Waals surface area contributed by atoms with Gasteiger partial charge in [0.25, 0.3) is 0 Å². The van der Waals surface area contributed by atoms with E-state index in [0.29, 0.717) is 18.5 Å². The van der Waals surface area contributed by atoms with Crippen molar-refractivity contribution in [3.63, 3.8) is 0 Å². The Labute approximate surface area is 151 Å². The Balaban J connectivity index is 2.29. The molecule has 128 valence electrons. The first-order valence-electron chi connectivity index (χ1n) is 8.55. The summed E-state index contributed by atoms with van der Waals surface area (Å²) >= 11 is 5.80. The van der Waals surface area contributed by atoms with Crippen LogP contribution in [0, 0.1) is 0 Å². The lowest BCUT2D eigenvalue weighted by Crippen LogP contribution is -2.41. The largest absolute Gasteiger partial charge is 0.388 e. The molecule has 0 bridgehead atoms. The minimum atomic E-state index is -0.526. The van der Waals surface area contributed by atoms with Crippen LogP contribution in [0.4, 0.5) is 0 Å². The number of benzene rings is 2. The Hall–Kier alpha value is -1.71. The third kappa shape index (κ3) is 4.43. The molecule has 0 spiro atoms. The van der Waals surface area contributed by atoms with Gasteiger partial charge >= 0.3 is 0 Å². The maximum Gasteiger partial charge on any atom is 0.109 e. The van der Waals surface area contributed by atoms with Crippen LogP contribution in [0.3, 0.4) is 0 Å². The zero-order chi connectivity index (χ0) is 17.7. The molecule has 1 atom stereocenters. The predicted molar refractivity (Wildman–Crippen MR) is 105 cm³/mol. The van der Waals surface area contributed by atoms with E-state index in [1.54, 1.807) is 0 Å². The smallest absolute Gasteiger partial charge is 0.109 e. The molecule has 0 radical (unpaired) electrons. The maximum atomic E-state index is 10.6. The van der Waals surface area contributed by atoms with E-state index in [1.807, 2.05) is 42.5 Å². The summed E-state index contributed by atoms with van der Waals surface area (Å²) in [5.74, 6) is 0.